The second-order valence-electron chi connectivity index (χ2n) is 5.13. The van der Waals surface area contributed by atoms with Crippen molar-refractivity contribution in [3.05, 3.63) is 65.2 Å². The maximum atomic E-state index is 11.5. The SMILES string of the molecule is COC(=O)c1ccc(-n2nnnc2SCc2ccccc2C)cc1. The largest absolute Gasteiger partial charge is 0.465 e. The standard InChI is InChI=1S/C17H16N4O2S/c1-12-5-3-4-6-14(12)11-24-17-18-19-20-21(17)15-9-7-13(8-10-15)16(22)23-2/h3-10H,11H2,1-2H3. The van der Waals surface area contributed by atoms with E-state index < -0.39 is 0 Å². The second kappa shape index (κ2) is 7.27. The number of carbonyl (C=O) groups is 1. The third-order valence-corrected chi connectivity index (χ3v) is 4.56. The Bertz CT molecular complexity index is 846. The molecule has 122 valence electrons. The van der Waals surface area contributed by atoms with Crippen molar-refractivity contribution in [2.45, 2.75) is 17.8 Å². The minimum atomic E-state index is -0.368. The molecule has 0 atom stereocenters. The van der Waals surface area contributed by atoms with Crippen molar-refractivity contribution in [2.75, 3.05) is 7.11 Å². The molecule has 0 aliphatic carbocycles. The number of hydrogen-bond donors (Lipinski definition) is 0. The van der Waals surface area contributed by atoms with E-state index in [1.165, 1.54) is 18.2 Å². The third-order valence-electron chi connectivity index (χ3n) is 3.59. The molecule has 2 aromatic carbocycles. The van der Waals surface area contributed by atoms with Gasteiger partial charge in [-0.05, 0) is 52.7 Å². The summed E-state index contributed by atoms with van der Waals surface area (Å²) in [5.41, 5.74) is 3.77. The number of nitrogens with zero attached hydrogens (tertiary/aromatic N) is 4. The van der Waals surface area contributed by atoms with Crippen LogP contribution in [0.2, 0.25) is 0 Å². The van der Waals surface area contributed by atoms with E-state index in [1.54, 1.807) is 40.7 Å². The molecule has 7 heteroatoms. The van der Waals surface area contributed by atoms with Crippen molar-refractivity contribution in [1.29, 1.82) is 0 Å². The Hall–Kier alpha value is -2.67. The van der Waals surface area contributed by atoms with Crippen LogP contribution in [0.1, 0.15) is 21.5 Å². The summed E-state index contributed by atoms with van der Waals surface area (Å²) >= 11 is 1.57. The Morgan fingerprint density at radius 3 is 2.62 bits per heavy atom. The number of thioether (sulfide) groups is 1. The average molecular weight is 340 g/mol. The van der Waals surface area contributed by atoms with Gasteiger partial charge in [0, 0.05) is 5.75 Å². The molecule has 0 unspecified atom stereocenters. The highest BCUT2D eigenvalue weighted by Gasteiger charge is 2.11. The summed E-state index contributed by atoms with van der Waals surface area (Å²) in [6, 6.07) is 15.2. The quantitative estimate of drug-likeness (QED) is 0.525. The Kier molecular flexibility index (Phi) is 4.90. The summed E-state index contributed by atoms with van der Waals surface area (Å²) in [4.78, 5) is 11.5. The number of rotatable bonds is 5. The van der Waals surface area contributed by atoms with Gasteiger partial charge in [0.05, 0.1) is 18.4 Å². The maximum Gasteiger partial charge on any atom is 0.337 e. The lowest BCUT2D eigenvalue weighted by atomic mass is 10.1. The zero-order chi connectivity index (χ0) is 16.9. The molecule has 0 radical (unpaired) electrons. The number of methoxy groups -OCH3 is 1. The van der Waals surface area contributed by atoms with E-state index in [2.05, 4.69) is 34.6 Å². The molecule has 0 spiro atoms. The Morgan fingerprint density at radius 2 is 1.92 bits per heavy atom. The van der Waals surface area contributed by atoms with E-state index in [0.29, 0.717) is 10.7 Å². The van der Waals surface area contributed by atoms with Crippen LogP contribution in [-0.2, 0) is 10.5 Å². The molecule has 0 bridgehead atoms. The summed E-state index contributed by atoms with van der Waals surface area (Å²) in [5, 5.41) is 12.6. The summed E-state index contributed by atoms with van der Waals surface area (Å²) in [6.45, 7) is 2.09. The molecule has 0 saturated carbocycles. The first kappa shape index (κ1) is 16.2. The van der Waals surface area contributed by atoms with Crippen LogP contribution in [0.4, 0.5) is 0 Å². The van der Waals surface area contributed by atoms with Gasteiger partial charge in [-0.25, -0.2) is 4.79 Å². The highest BCUT2D eigenvalue weighted by atomic mass is 32.2. The van der Waals surface area contributed by atoms with E-state index in [4.69, 9.17) is 4.74 Å². The van der Waals surface area contributed by atoms with E-state index in [1.807, 2.05) is 12.1 Å². The number of esters is 1. The van der Waals surface area contributed by atoms with Crippen molar-refractivity contribution in [1.82, 2.24) is 20.2 Å². The minimum absolute atomic E-state index is 0.368. The smallest absolute Gasteiger partial charge is 0.337 e. The summed E-state index contributed by atoms with van der Waals surface area (Å²) in [5.74, 6) is 0.417. The van der Waals surface area contributed by atoms with Crippen molar-refractivity contribution >= 4 is 17.7 Å². The second-order valence-corrected chi connectivity index (χ2v) is 6.07. The molecule has 0 N–H and O–H groups in total. The van der Waals surface area contributed by atoms with Crippen LogP contribution < -0.4 is 0 Å². The number of ether oxygens (including phenoxy) is 1. The zero-order valence-corrected chi connectivity index (χ0v) is 14.2. The molecule has 24 heavy (non-hydrogen) atoms. The molecular formula is C17H16N4O2S. The summed E-state index contributed by atoms with van der Waals surface area (Å²) in [6.07, 6.45) is 0. The molecule has 0 saturated heterocycles. The van der Waals surface area contributed by atoms with Gasteiger partial charge >= 0.3 is 5.97 Å². The van der Waals surface area contributed by atoms with Gasteiger partial charge in [0.15, 0.2) is 0 Å². The Balaban J connectivity index is 1.78. The third kappa shape index (κ3) is 3.46. The van der Waals surface area contributed by atoms with Gasteiger partial charge in [0.25, 0.3) is 0 Å². The highest BCUT2D eigenvalue weighted by molar-refractivity contribution is 7.98. The lowest BCUT2D eigenvalue weighted by Gasteiger charge is -2.07. The molecule has 0 aliphatic heterocycles. The van der Waals surface area contributed by atoms with Gasteiger partial charge in [-0.1, -0.05) is 36.0 Å². The van der Waals surface area contributed by atoms with Crippen LogP contribution in [0.15, 0.2) is 53.7 Å². The fourth-order valence-electron chi connectivity index (χ4n) is 2.20. The van der Waals surface area contributed by atoms with Crippen molar-refractivity contribution in [3.8, 4) is 5.69 Å². The van der Waals surface area contributed by atoms with Crippen LogP contribution in [0.5, 0.6) is 0 Å². The van der Waals surface area contributed by atoms with E-state index >= 15 is 0 Å². The number of aromatic nitrogens is 4. The number of tetrazole rings is 1. The van der Waals surface area contributed by atoms with Gasteiger partial charge in [-0.3, -0.25) is 0 Å². The Labute approximate surface area is 143 Å². The van der Waals surface area contributed by atoms with Crippen molar-refractivity contribution < 1.29 is 9.53 Å². The topological polar surface area (TPSA) is 69.9 Å². The van der Waals surface area contributed by atoms with Gasteiger partial charge in [0.1, 0.15) is 0 Å². The molecule has 0 amide bonds. The number of benzene rings is 2. The van der Waals surface area contributed by atoms with Crippen LogP contribution in [0.3, 0.4) is 0 Å². The van der Waals surface area contributed by atoms with Crippen LogP contribution >= 0.6 is 11.8 Å². The number of aryl methyl sites for hydroxylation is 1. The molecule has 0 aliphatic rings. The first-order chi connectivity index (χ1) is 11.7. The molecule has 3 aromatic rings. The van der Waals surface area contributed by atoms with Gasteiger partial charge in [0.2, 0.25) is 5.16 Å². The molecule has 1 aromatic heterocycles. The van der Waals surface area contributed by atoms with E-state index in [-0.39, 0.29) is 5.97 Å². The minimum Gasteiger partial charge on any atom is -0.465 e. The summed E-state index contributed by atoms with van der Waals surface area (Å²) < 4.78 is 6.36. The van der Waals surface area contributed by atoms with E-state index in [0.717, 1.165) is 11.4 Å². The highest BCUT2D eigenvalue weighted by Crippen LogP contribution is 2.24. The van der Waals surface area contributed by atoms with Gasteiger partial charge in [-0.2, -0.15) is 4.68 Å². The summed E-state index contributed by atoms with van der Waals surface area (Å²) in [7, 11) is 1.36. The first-order valence-electron chi connectivity index (χ1n) is 7.33. The lowest BCUT2D eigenvalue weighted by molar-refractivity contribution is 0.0600. The lowest BCUT2D eigenvalue weighted by Crippen LogP contribution is -2.03. The maximum absolute atomic E-state index is 11.5. The van der Waals surface area contributed by atoms with Crippen LogP contribution in [-0.4, -0.2) is 33.3 Å². The Morgan fingerprint density at radius 1 is 1.17 bits per heavy atom. The van der Waals surface area contributed by atoms with Gasteiger partial charge < -0.3 is 4.74 Å². The number of hydrogen-bond acceptors (Lipinski definition) is 6. The van der Waals surface area contributed by atoms with Crippen LogP contribution in [0, 0.1) is 6.92 Å². The normalized spacial score (nSPS) is 10.6. The van der Waals surface area contributed by atoms with E-state index in [9.17, 15) is 4.79 Å². The molecular weight excluding hydrogens is 324 g/mol. The predicted molar refractivity (Wildman–Crippen MR) is 91.2 cm³/mol. The fraction of sp³-hybridized carbons (Fsp3) is 0.176. The molecule has 3 rings (SSSR count). The zero-order valence-electron chi connectivity index (χ0n) is 13.3. The van der Waals surface area contributed by atoms with Crippen molar-refractivity contribution in [2.24, 2.45) is 0 Å². The molecule has 6 nitrogen and oxygen atoms in total. The molecule has 1 heterocycles. The van der Waals surface area contributed by atoms with Crippen LogP contribution in [0.25, 0.3) is 5.69 Å². The first-order valence-corrected chi connectivity index (χ1v) is 8.32. The fourth-order valence-corrected chi connectivity index (χ4v) is 3.17. The van der Waals surface area contributed by atoms with Crippen molar-refractivity contribution in [3.63, 3.8) is 0 Å². The number of carbonyl (C=O) groups excluding carboxylic acids is 1. The average Bonchev–Trinajstić information content (AvgIpc) is 3.09. The monoisotopic (exact) mass is 340 g/mol. The van der Waals surface area contributed by atoms with Gasteiger partial charge in [-0.15, -0.1) is 5.10 Å². The predicted octanol–water partition coefficient (Wildman–Crippen LogP) is 3.05. The molecule has 0 fully saturated rings.